The zero-order chi connectivity index (χ0) is 13.1. The van der Waals surface area contributed by atoms with Crippen LogP contribution in [0.25, 0.3) is 0 Å². The van der Waals surface area contributed by atoms with E-state index in [0.29, 0.717) is 0 Å². The van der Waals surface area contributed by atoms with Gasteiger partial charge in [-0.25, -0.2) is 13.2 Å². The summed E-state index contributed by atoms with van der Waals surface area (Å²) in [7, 11) is 0. The lowest BCUT2D eigenvalue weighted by Crippen LogP contribution is -2.39. The molecule has 0 heterocycles. The molecule has 0 spiro atoms. The molecule has 0 fully saturated rings. The Kier molecular flexibility index (Phi) is 3.95. The maximum Gasteiger partial charge on any atom is 0.287 e. The molecule has 1 amide bonds. The molecule has 0 unspecified atom stereocenters. The summed E-state index contributed by atoms with van der Waals surface area (Å²) in [4.78, 5) is 11.3. The minimum absolute atomic E-state index is 0.125. The van der Waals surface area contributed by atoms with E-state index in [2.05, 4.69) is 0 Å². The van der Waals surface area contributed by atoms with Crippen molar-refractivity contribution in [3.8, 4) is 0 Å². The first kappa shape index (κ1) is 13.3. The third-order valence-corrected chi connectivity index (χ3v) is 1.98. The lowest BCUT2D eigenvalue weighted by Gasteiger charge is -2.14. The number of benzene rings is 1. The smallest absolute Gasteiger partial charge is 0.287 e. The van der Waals surface area contributed by atoms with Crippen LogP contribution in [0.15, 0.2) is 18.2 Å². The van der Waals surface area contributed by atoms with Crippen LogP contribution < -0.4 is 11.1 Å². The minimum Gasteiger partial charge on any atom is -0.399 e. The average Bonchev–Trinajstić information content (AvgIpc) is 2.26. The van der Waals surface area contributed by atoms with Crippen LogP contribution in [0.2, 0.25) is 0 Å². The monoisotopic (exact) mass is 248 g/mol. The van der Waals surface area contributed by atoms with E-state index < -0.39 is 30.8 Å². The van der Waals surface area contributed by atoms with E-state index in [9.17, 15) is 18.0 Å². The van der Waals surface area contributed by atoms with Gasteiger partial charge in [0, 0.05) is 5.69 Å². The lowest BCUT2D eigenvalue weighted by atomic mass is 10.2. The molecule has 17 heavy (non-hydrogen) atoms. The number of amides is 1. The van der Waals surface area contributed by atoms with Crippen molar-refractivity contribution in [1.29, 1.82) is 0 Å². The number of anilines is 1. The molecule has 1 rings (SSSR count). The van der Waals surface area contributed by atoms with E-state index in [4.69, 9.17) is 10.8 Å². The summed E-state index contributed by atoms with van der Waals surface area (Å²) in [5.41, 5.74) is 5.01. The van der Waals surface area contributed by atoms with Crippen molar-refractivity contribution < 1.29 is 23.1 Å². The van der Waals surface area contributed by atoms with Gasteiger partial charge in [0.05, 0.1) is 12.1 Å². The molecule has 4 N–H and O–H groups in total. The van der Waals surface area contributed by atoms with Crippen LogP contribution in [-0.2, 0) is 0 Å². The molecule has 94 valence electrons. The SMILES string of the molecule is Nc1ccc(C(=O)NCC(F)(F)CO)c(F)c1. The largest absolute Gasteiger partial charge is 0.399 e. The molecule has 4 nitrogen and oxygen atoms in total. The van der Waals surface area contributed by atoms with Gasteiger partial charge in [-0.1, -0.05) is 0 Å². The second kappa shape index (κ2) is 5.05. The fourth-order valence-corrected chi connectivity index (χ4v) is 1.08. The summed E-state index contributed by atoms with van der Waals surface area (Å²) < 4.78 is 38.5. The van der Waals surface area contributed by atoms with E-state index >= 15 is 0 Å². The van der Waals surface area contributed by atoms with Crippen molar-refractivity contribution in [2.24, 2.45) is 0 Å². The molecular weight excluding hydrogens is 237 g/mol. The first-order valence-corrected chi connectivity index (χ1v) is 4.67. The van der Waals surface area contributed by atoms with E-state index in [-0.39, 0.29) is 11.3 Å². The van der Waals surface area contributed by atoms with Crippen LogP contribution in [0.5, 0.6) is 0 Å². The minimum atomic E-state index is -3.43. The Morgan fingerprint density at radius 2 is 2.12 bits per heavy atom. The van der Waals surface area contributed by atoms with Gasteiger partial charge in [0.25, 0.3) is 11.8 Å². The maximum absolute atomic E-state index is 13.2. The quantitative estimate of drug-likeness (QED) is 0.689. The molecule has 0 saturated carbocycles. The first-order valence-electron chi connectivity index (χ1n) is 4.67. The zero-order valence-corrected chi connectivity index (χ0v) is 8.71. The number of hydrogen-bond donors (Lipinski definition) is 3. The predicted molar refractivity (Wildman–Crippen MR) is 55.2 cm³/mol. The molecule has 0 radical (unpaired) electrons. The summed E-state index contributed by atoms with van der Waals surface area (Å²) in [5, 5.41) is 10.1. The van der Waals surface area contributed by atoms with Gasteiger partial charge in [-0.2, -0.15) is 0 Å². The van der Waals surface area contributed by atoms with Crippen molar-refractivity contribution >= 4 is 11.6 Å². The highest BCUT2D eigenvalue weighted by atomic mass is 19.3. The molecule has 0 saturated heterocycles. The Balaban J connectivity index is 2.71. The Morgan fingerprint density at radius 3 is 2.65 bits per heavy atom. The van der Waals surface area contributed by atoms with Gasteiger partial charge >= 0.3 is 0 Å². The molecule has 1 aromatic rings. The number of hydrogen-bond acceptors (Lipinski definition) is 3. The summed E-state index contributed by atoms with van der Waals surface area (Å²) in [6.45, 7) is -2.45. The van der Waals surface area contributed by atoms with Gasteiger partial charge in [-0.05, 0) is 18.2 Å². The number of rotatable bonds is 4. The van der Waals surface area contributed by atoms with Crippen molar-refractivity contribution in [2.75, 3.05) is 18.9 Å². The first-order chi connectivity index (χ1) is 7.85. The van der Waals surface area contributed by atoms with Gasteiger partial charge in [-0.15, -0.1) is 0 Å². The molecule has 0 aliphatic carbocycles. The van der Waals surface area contributed by atoms with Crippen LogP contribution >= 0.6 is 0 Å². The standard InChI is InChI=1S/C10H11F3N2O2/c11-8-3-6(14)1-2-7(8)9(17)15-4-10(12,13)5-16/h1-3,16H,4-5,14H2,(H,15,17). The Bertz CT molecular complexity index is 424. The van der Waals surface area contributed by atoms with Crippen LogP contribution in [0, 0.1) is 5.82 Å². The predicted octanol–water partition coefficient (Wildman–Crippen LogP) is 0.765. The van der Waals surface area contributed by atoms with Gasteiger partial charge < -0.3 is 16.2 Å². The van der Waals surface area contributed by atoms with Crippen molar-refractivity contribution in [2.45, 2.75) is 5.92 Å². The van der Waals surface area contributed by atoms with Crippen LogP contribution in [-0.4, -0.2) is 30.1 Å². The maximum atomic E-state index is 13.2. The fraction of sp³-hybridized carbons (Fsp3) is 0.300. The highest BCUT2D eigenvalue weighted by Crippen LogP contribution is 2.13. The van der Waals surface area contributed by atoms with Crippen molar-refractivity contribution in [3.05, 3.63) is 29.6 Å². The second-order valence-electron chi connectivity index (χ2n) is 3.44. The summed E-state index contributed by atoms with van der Waals surface area (Å²) in [6, 6.07) is 3.29. The van der Waals surface area contributed by atoms with E-state index in [1.165, 1.54) is 6.07 Å². The lowest BCUT2D eigenvalue weighted by molar-refractivity contribution is -0.0462. The van der Waals surface area contributed by atoms with Gasteiger partial charge in [0.1, 0.15) is 12.4 Å². The Hall–Kier alpha value is -1.76. The van der Waals surface area contributed by atoms with Gasteiger partial charge in [0.15, 0.2) is 0 Å². The van der Waals surface area contributed by atoms with Gasteiger partial charge in [-0.3, -0.25) is 4.79 Å². The number of nitrogen functional groups attached to an aromatic ring is 1. The van der Waals surface area contributed by atoms with Crippen LogP contribution in [0.3, 0.4) is 0 Å². The molecule has 0 atom stereocenters. The molecule has 7 heteroatoms. The third-order valence-electron chi connectivity index (χ3n) is 1.98. The van der Waals surface area contributed by atoms with Gasteiger partial charge in [0.2, 0.25) is 0 Å². The normalized spacial score (nSPS) is 11.3. The van der Waals surface area contributed by atoms with E-state index in [0.717, 1.165) is 12.1 Å². The molecule has 1 aromatic carbocycles. The van der Waals surface area contributed by atoms with E-state index in [1.807, 2.05) is 5.32 Å². The molecule has 0 bridgehead atoms. The summed E-state index contributed by atoms with van der Waals surface area (Å²) >= 11 is 0. The topological polar surface area (TPSA) is 75.4 Å². The van der Waals surface area contributed by atoms with Crippen molar-refractivity contribution in [1.82, 2.24) is 5.32 Å². The average molecular weight is 248 g/mol. The summed E-state index contributed by atoms with van der Waals surface area (Å²) in [5.74, 6) is -5.31. The van der Waals surface area contributed by atoms with Crippen LogP contribution in [0.1, 0.15) is 10.4 Å². The molecule has 0 aromatic heterocycles. The molecule has 0 aliphatic heterocycles. The molecular formula is C10H11F3N2O2. The highest BCUT2D eigenvalue weighted by Gasteiger charge is 2.28. The highest BCUT2D eigenvalue weighted by molar-refractivity contribution is 5.94. The van der Waals surface area contributed by atoms with E-state index in [1.54, 1.807) is 0 Å². The number of aliphatic hydroxyl groups is 1. The second-order valence-corrected chi connectivity index (χ2v) is 3.44. The Labute approximate surface area is 95.2 Å². The number of halogens is 3. The third kappa shape index (κ3) is 3.63. The van der Waals surface area contributed by atoms with Crippen molar-refractivity contribution in [3.63, 3.8) is 0 Å². The number of aliphatic hydroxyl groups excluding tert-OH is 1. The zero-order valence-electron chi connectivity index (χ0n) is 8.71. The molecule has 0 aliphatic rings. The number of nitrogens with one attached hydrogen (secondary N) is 1. The number of alkyl halides is 2. The number of nitrogens with two attached hydrogens (primary N) is 1. The van der Waals surface area contributed by atoms with Crippen LogP contribution in [0.4, 0.5) is 18.9 Å². The number of carbonyl (C=O) groups is 1. The Morgan fingerprint density at radius 1 is 1.47 bits per heavy atom. The number of carbonyl (C=O) groups excluding carboxylic acids is 1. The summed E-state index contributed by atoms with van der Waals surface area (Å²) in [6.07, 6.45) is 0. The fourth-order valence-electron chi connectivity index (χ4n) is 1.08.